The highest BCUT2D eigenvalue weighted by Gasteiger charge is 2.59. The van der Waals surface area contributed by atoms with Crippen LogP contribution in [0.1, 0.15) is 58.8 Å². The first-order valence-electron chi connectivity index (χ1n) is 8.90. The zero-order valence-electron chi connectivity index (χ0n) is 13.0. The van der Waals surface area contributed by atoms with Gasteiger partial charge in [0.2, 0.25) is 0 Å². The van der Waals surface area contributed by atoms with E-state index >= 15 is 0 Å². The average molecular weight is 261 g/mol. The monoisotopic (exact) mass is 261 g/mol. The molecule has 1 saturated heterocycles. The molecule has 0 amide bonds. The maximum atomic E-state index is 2.85. The number of fused-ring (bicyclic) bond motifs is 5. The quantitative estimate of drug-likeness (QED) is 0.632. The Morgan fingerprint density at radius 2 is 1.58 bits per heavy atom. The molecule has 0 aromatic rings. The van der Waals surface area contributed by atoms with Gasteiger partial charge >= 0.3 is 0 Å². The standard InChI is InChI=1S/C18H31N/c1-11-8-9-16-15(10-11)17-14-7-5-4-6-13(14)12(2)18(17)19(16)3/h11-18H,4-10H2,1-3H3. The zero-order chi connectivity index (χ0) is 13.1. The molecular formula is C18H31N. The van der Waals surface area contributed by atoms with Crippen LogP contribution in [0.4, 0.5) is 0 Å². The van der Waals surface area contributed by atoms with Gasteiger partial charge in [0.1, 0.15) is 0 Å². The predicted octanol–water partition coefficient (Wildman–Crippen LogP) is 4.18. The van der Waals surface area contributed by atoms with Crippen LogP contribution in [0.25, 0.3) is 0 Å². The average Bonchev–Trinajstić information content (AvgIpc) is 2.86. The molecule has 0 N–H and O–H groups in total. The van der Waals surface area contributed by atoms with Crippen LogP contribution in [0.2, 0.25) is 0 Å². The van der Waals surface area contributed by atoms with E-state index in [4.69, 9.17) is 0 Å². The maximum Gasteiger partial charge on any atom is 0.0158 e. The minimum Gasteiger partial charge on any atom is -0.300 e. The summed E-state index contributed by atoms with van der Waals surface area (Å²) in [4.78, 5) is 2.85. The summed E-state index contributed by atoms with van der Waals surface area (Å²) in [5.74, 6) is 6.25. The van der Waals surface area contributed by atoms with Crippen molar-refractivity contribution in [3.05, 3.63) is 0 Å². The Labute approximate surface area is 119 Å². The lowest BCUT2D eigenvalue weighted by Gasteiger charge is -2.40. The second kappa shape index (κ2) is 4.48. The molecule has 8 unspecified atom stereocenters. The van der Waals surface area contributed by atoms with Crippen LogP contribution in [-0.2, 0) is 0 Å². The molecule has 0 aromatic heterocycles. The van der Waals surface area contributed by atoms with Crippen molar-refractivity contribution in [2.24, 2.45) is 35.5 Å². The van der Waals surface area contributed by atoms with Crippen molar-refractivity contribution in [3.63, 3.8) is 0 Å². The summed E-state index contributed by atoms with van der Waals surface area (Å²) in [7, 11) is 2.46. The number of hydrogen-bond donors (Lipinski definition) is 0. The summed E-state index contributed by atoms with van der Waals surface area (Å²) in [5.41, 5.74) is 0. The zero-order valence-corrected chi connectivity index (χ0v) is 13.0. The Balaban J connectivity index is 1.66. The highest BCUT2D eigenvalue weighted by atomic mass is 15.2. The molecule has 1 nitrogen and oxygen atoms in total. The van der Waals surface area contributed by atoms with E-state index in [9.17, 15) is 0 Å². The largest absolute Gasteiger partial charge is 0.300 e. The fourth-order valence-corrected chi connectivity index (χ4v) is 6.94. The van der Waals surface area contributed by atoms with Crippen LogP contribution in [0, 0.1) is 35.5 Å². The number of rotatable bonds is 0. The van der Waals surface area contributed by atoms with Gasteiger partial charge in [-0.1, -0.05) is 26.7 Å². The van der Waals surface area contributed by atoms with Crippen LogP contribution in [0.5, 0.6) is 0 Å². The van der Waals surface area contributed by atoms with Gasteiger partial charge in [-0.2, -0.15) is 0 Å². The maximum absolute atomic E-state index is 2.85. The molecule has 4 fully saturated rings. The first-order chi connectivity index (χ1) is 9.18. The van der Waals surface area contributed by atoms with Gasteiger partial charge in [-0.15, -0.1) is 0 Å². The molecule has 3 aliphatic carbocycles. The predicted molar refractivity (Wildman–Crippen MR) is 79.9 cm³/mol. The Morgan fingerprint density at radius 1 is 0.842 bits per heavy atom. The van der Waals surface area contributed by atoms with Gasteiger partial charge in [-0.25, -0.2) is 0 Å². The number of nitrogens with zero attached hydrogens (tertiary/aromatic N) is 1. The fourth-order valence-electron chi connectivity index (χ4n) is 6.94. The third kappa shape index (κ3) is 1.69. The van der Waals surface area contributed by atoms with E-state index in [0.717, 1.165) is 47.6 Å². The van der Waals surface area contributed by atoms with Crippen LogP contribution in [0.3, 0.4) is 0 Å². The van der Waals surface area contributed by atoms with Gasteiger partial charge in [-0.05, 0) is 74.7 Å². The van der Waals surface area contributed by atoms with E-state index in [0.29, 0.717) is 0 Å². The molecule has 0 radical (unpaired) electrons. The van der Waals surface area contributed by atoms with E-state index in [2.05, 4.69) is 25.8 Å². The van der Waals surface area contributed by atoms with Crippen LogP contribution >= 0.6 is 0 Å². The van der Waals surface area contributed by atoms with Crippen molar-refractivity contribution in [1.82, 2.24) is 4.90 Å². The smallest absolute Gasteiger partial charge is 0.0158 e. The SMILES string of the molecule is CC1CCC2C(C1)C1C3CCCCC3C(C)C1N2C. The fraction of sp³-hybridized carbons (Fsp3) is 1.00. The second-order valence-corrected chi connectivity index (χ2v) is 8.35. The highest BCUT2D eigenvalue weighted by molar-refractivity contribution is 5.11. The van der Waals surface area contributed by atoms with Crippen molar-refractivity contribution in [3.8, 4) is 0 Å². The third-order valence-corrected chi connectivity index (χ3v) is 7.59. The molecule has 0 bridgehead atoms. The minimum absolute atomic E-state index is 0.938. The third-order valence-electron chi connectivity index (χ3n) is 7.59. The molecule has 0 aromatic carbocycles. The van der Waals surface area contributed by atoms with Crippen LogP contribution in [0.15, 0.2) is 0 Å². The molecule has 1 heteroatoms. The van der Waals surface area contributed by atoms with E-state index < -0.39 is 0 Å². The Bertz CT molecular complexity index is 352. The van der Waals surface area contributed by atoms with Gasteiger partial charge in [0.15, 0.2) is 0 Å². The Morgan fingerprint density at radius 3 is 2.37 bits per heavy atom. The molecule has 1 aliphatic heterocycles. The number of hydrogen-bond acceptors (Lipinski definition) is 1. The summed E-state index contributed by atoms with van der Waals surface area (Å²) < 4.78 is 0. The highest BCUT2D eigenvalue weighted by Crippen LogP contribution is 2.60. The van der Waals surface area contributed by atoms with Crippen LogP contribution in [-0.4, -0.2) is 24.0 Å². The summed E-state index contributed by atoms with van der Waals surface area (Å²) in [6.07, 6.45) is 10.6. The lowest BCUT2D eigenvalue weighted by molar-refractivity contribution is 0.0996. The van der Waals surface area contributed by atoms with Gasteiger partial charge in [0, 0.05) is 12.1 Å². The van der Waals surface area contributed by atoms with E-state index in [1.54, 1.807) is 12.8 Å². The lowest BCUT2D eigenvalue weighted by Crippen LogP contribution is -2.40. The van der Waals surface area contributed by atoms with Gasteiger partial charge in [0.25, 0.3) is 0 Å². The van der Waals surface area contributed by atoms with Crippen molar-refractivity contribution in [2.45, 2.75) is 70.9 Å². The first-order valence-corrected chi connectivity index (χ1v) is 8.90. The second-order valence-electron chi connectivity index (χ2n) is 8.35. The molecule has 4 aliphatic rings. The topological polar surface area (TPSA) is 3.24 Å². The first kappa shape index (κ1) is 12.7. The van der Waals surface area contributed by atoms with Crippen molar-refractivity contribution in [1.29, 1.82) is 0 Å². The molecular weight excluding hydrogens is 230 g/mol. The van der Waals surface area contributed by atoms with E-state index in [1.165, 1.54) is 32.1 Å². The Hall–Kier alpha value is -0.0400. The normalized spacial score (nSPS) is 57.6. The van der Waals surface area contributed by atoms with E-state index in [-0.39, 0.29) is 0 Å². The van der Waals surface area contributed by atoms with Gasteiger partial charge in [0.05, 0.1) is 0 Å². The molecule has 19 heavy (non-hydrogen) atoms. The van der Waals surface area contributed by atoms with Crippen LogP contribution < -0.4 is 0 Å². The number of likely N-dealkylation sites (tertiary alicyclic amines) is 1. The summed E-state index contributed by atoms with van der Waals surface area (Å²) in [5, 5.41) is 0. The molecule has 0 spiro atoms. The van der Waals surface area contributed by atoms with Crippen molar-refractivity contribution < 1.29 is 0 Å². The molecule has 1 heterocycles. The molecule has 3 saturated carbocycles. The van der Waals surface area contributed by atoms with Gasteiger partial charge in [-0.3, -0.25) is 4.90 Å². The molecule has 108 valence electrons. The summed E-state index contributed by atoms with van der Waals surface area (Å²) >= 11 is 0. The molecule has 8 atom stereocenters. The van der Waals surface area contributed by atoms with Crippen molar-refractivity contribution >= 4 is 0 Å². The summed E-state index contributed by atoms with van der Waals surface area (Å²) in [6.45, 7) is 5.09. The van der Waals surface area contributed by atoms with Gasteiger partial charge < -0.3 is 0 Å². The van der Waals surface area contributed by atoms with E-state index in [1.807, 2.05) is 0 Å². The minimum atomic E-state index is 0.938. The lowest BCUT2D eigenvalue weighted by atomic mass is 9.68. The van der Waals surface area contributed by atoms with Crippen molar-refractivity contribution in [2.75, 3.05) is 7.05 Å². The molecule has 4 rings (SSSR count). The Kier molecular flexibility index (Phi) is 2.99. The summed E-state index contributed by atoms with van der Waals surface area (Å²) in [6, 6.07) is 1.88.